The number of amides is 2. The topological polar surface area (TPSA) is 43.9 Å². The van der Waals surface area contributed by atoms with Crippen molar-refractivity contribution in [1.29, 1.82) is 0 Å². The molecule has 0 bridgehead atoms. The van der Waals surface area contributed by atoms with Gasteiger partial charge in [0.05, 0.1) is 17.6 Å². The SMILES string of the molecule is Cc1ccc([C@@H]2[C@@H]3C(=O)N(c4ccc(C)cc4C)C(=O)[C@H]3N3CCCN23)cc1. The molecule has 3 atom stereocenters. The van der Waals surface area contributed by atoms with Crippen molar-refractivity contribution in [1.82, 2.24) is 10.0 Å². The molecule has 28 heavy (non-hydrogen) atoms. The van der Waals surface area contributed by atoms with E-state index < -0.39 is 0 Å². The van der Waals surface area contributed by atoms with Crippen molar-refractivity contribution in [2.45, 2.75) is 39.3 Å². The molecular formula is C23H25N3O2. The van der Waals surface area contributed by atoms with Crippen LogP contribution in [0.25, 0.3) is 0 Å². The van der Waals surface area contributed by atoms with Gasteiger partial charge < -0.3 is 0 Å². The van der Waals surface area contributed by atoms with Crippen molar-refractivity contribution in [3.05, 3.63) is 64.7 Å². The quantitative estimate of drug-likeness (QED) is 0.757. The Balaban J connectivity index is 1.59. The average Bonchev–Trinajstić information content (AvgIpc) is 3.30. The van der Waals surface area contributed by atoms with Crippen LogP contribution in [0.3, 0.4) is 0 Å². The van der Waals surface area contributed by atoms with E-state index in [1.807, 2.05) is 32.0 Å². The van der Waals surface area contributed by atoms with Gasteiger partial charge in [0.2, 0.25) is 5.91 Å². The Morgan fingerprint density at radius 3 is 2.11 bits per heavy atom. The van der Waals surface area contributed by atoms with Gasteiger partial charge in [0, 0.05) is 13.1 Å². The second-order valence-electron chi connectivity index (χ2n) is 8.31. The number of hydrazine groups is 1. The highest BCUT2D eigenvalue weighted by atomic mass is 16.2. The molecule has 0 saturated carbocycles. The van der Waals surface area contributed by atoms with Gasteiger partial charge in [0.1, 0.15) is 6.04 Å². The summed E-state index contributed by atoms with van der Waals surface area (Å²) in [5.41, 5.74) is 5.13. The van der Waals surface area contributed by atoms with Crippen molar-refractivity contribution >= 4 is 17.5 Å². The van der Waals surface area contributed by atoms with Crippen LogP contribution in [0.4, 0.5) is 5.69 Å². The summed E-state index contributed by atoms with van der Waals surface area (Å²) in [4.78, 5) is 28.5. The molecule has 3 fully saturated rings. The summed E-state index contributed by atoms with van der Waals surface area (Å²) in [7, 11) is 0. The summed E-state index contributed by atoms with van der Waals surface area (Å²) in [6.07, 6.45) is 1.02. The van der Waals surface area contributed by atoms with Gasteiger partial charge in [-0.3, -0.25) is 9.59 Å². The monoisotopic (exact) mass is 375 g/mol. The molecule has 0 aliphatic carbocycles. The van der Waals surface area contributed by atoms with Crippen LogP contribution >= 0.6 is 0 Å². The molecule has 5 rings (SSSR count). The molecule has 0 spiro atoms. The number of hydrogen-bond donors (Lipinski definition) is 0. The molecule has 3 heterocycles. The molecular weight excluding hydrogens is 350 g/mol. The van der Waals surface area contributed by atoms with Crippen molar-refractivity contribution in [2.24, 2.45) is 5.92 Å². The van der Waals surface area contributed by atoms with E-state index in [1.54, 1.807) is 0 Å². The van der Waals surface area contributed by atoms with Crippen LogP contribution < -0.4 is 4.90 Å². The van der Waals surface area contributed by atoms with Crippen LogP contribution in [0.5, 0.6) is 0 Å². The Bertz CT molecular complexity index is 968. The number of hydrogen-bond acceptors (Lipinski definition) is 4. The van der Waals surface area contributed by atoms with Crippen LogP contribution in [0.15, 0.2) is 42.5 Å². The van der Waals surface area contributed by atoms with Crippen LogP contribution in [0.2, 0.25) is 0 Å². The summed E-state index contributed by atoms with van der Waals surface area (Å²) in [5, 5.41) is 4.41. The van der Waals surface area contributed by atoms with Crippen LogP contribution in [-0.2, 0) is 9.59 Å². The Morgan fingerprint density at radius 2 is 1.43 bits per heavy atom. The lowest BCUT2D eigenvalue weighted by atomic mass is 9.89. The standard InChI is InChI=1S/C23H25N3O2/c1-14-5-8-17(9-6-14)20-19-21(25-12-4-11-24(20)25)23(28)26(22(19)27)18-10-7-15(2)13-16(18)3/h5-10,13,19-21H,4,11-12H2,1-3H3/t19-,20+,21-/m0/s1. The first-order valence-electron chi connectivity index (χ1n) is 10.0. The predicted molar refractivity (Wildman–Crippen MR) is 108 cm³/mol. The van der Waals surface area contributed by atoms with E-state index in [0.717, 1.165) is 41.9 Å². The van der Waals surface area contributed by atoms with Crippen molar-refractivity contribution in [3.8, 4) is 0 Å². The molecule has 2 aromatic rings. The van der Waals surface area contributed by atoms with Gasteiger partial charge in [-0.05, 0) is 44.4 Å². The van der Waals surface area contributed by atoms with E-state index in [9.17, 15) is 9.59 Å². The molecule has 0 radical (unpaired) electrons. The second kappa shape index (κ2) is 6.26. The Labute approximate surface area is 165 Å². The highest BCUT2D eigenvalue weighted by Gasteiger charge is 2.62. The van der Waals surface area contributed by atoms with Crippen LogP contribution in [0.1, 0.15) is 34.7 Å². The number of nitrogens with zero attached hydrogens (tertiary/aromatic N) is 3. The first kappa shape index (κ1) is 17.6. The largest absolute Gasteiger partial charge is 0.274 e. The highest BCUT2D eigenvalue weighted by Crippen LogP contribution is 2.49. The summed E-state index contributed by atoms with van der Waals surface area (Å²) in [5.74, 6) is -0.499. The van der Waals surface area contributed by atoms with Gasteiger partial charge >= 0.3 is 0 Å². The second-order valence-corrected chi connectivity index (χ2v) is 8.31. The Kier molecular flexibility index (Phi) is 3.93. The first-order chi connectivity index (χ1) is 13.5. The molecule has 5 heteroatoms. The zero-order chi connectivity index (χ0) is 19.6. The fraction of sp³-hybridized carbons (Fsp3) is 0.391. The third-order valence-electron chi connectivity index (χ3n) is 6.42. The summed E-state index contributed by atoms with van der Waals surface area (Å²) < 4.78 is 0. The Morgan fingerprint density at radius 1 is 0.786 bits per heavy atom. The third kappa shape index (κ3) is 2.39. The molecule has 5 nitrogen and oxygen atoms in total. The number of imide groups is 1. The number of benzene rings is 2. The molecule has 2 amide bonds. The summed E-state index contributed by atoms with van der Waals surface area (Å²) >= 11 is 0. The van der Waals surface area contributed by atoms with E-state index in [2.05, 4.69) is 41.2 Å². The van der Waals surface area contributed by atoms with Gasteiger partial charge in [-0.15, -0.1) is 0 Å². The van der Waals surface area contributed by atoms with Crippen molar-refractivity contribution < 1.29 is 9.59 Å². The lowest BCUT2D eigenvalue weighted by molar-refractivity contribution is -0.126. The van der Waals surface area contributed by atoms with E-state index in [-0.39, 0.29) is 29.8 Å². The summed E-state index contributed by atoms with van der Waals surface area (Å²) in [6.45, 7) is 7.79. The minimum Gasteiger partial charge on any atom is -0.274 e. The number of anilines is 1. The zero-order valence-electron chi connectivity index (χ0n) is 16.6. The Hall–Kier alpha value is -2.50. The van der Waals surface area contributed by atoms with Crippen molar-refractivity contribution in [3.63, 3.8) is 0 Å². The lowest BCUT2D eigenvalue weighted by Crippen LogP contribution is -2.44. The number of fused-ring (bicyclic) bond motifs is 3. The number of carbonyl (C=O) groups is 2. The smallest absolute Gasteiger partial charge is 0.253 e. The fourth-order valence-corrected chi connectivity index (χ4v) is 5.17. The van der Waals surface area contributed by atoms with Crippen LogP contribution in [0, 0.1) is 26.7 Å². The third-order valence-corrected chi connectivity index (χ3v) is 6.42. The number of rotatable bonds is 2. The van der Waals surface area contributed by atoms with Gasteiger partial charge in [0.25, 0.3) is 5.91 Å². The van der Waals surface area contributed by atoms with Gasteiger partial charge in [-0.2, -0.15) is 0 Å². The highest BCUT2D eigenvalue weighted by molar-refractivity contribution is 6.24. The minimum atomic E-state index is -0.387. The molecule has 3 saturated heterocycles. The maximum absolute atomic E-state index is 13.6. The number of aryl methyl sites for hydroxylation is 3. The normalized spacial score (nSPS) is 27.5. The average molecular weight is 375 g/mol. The lowest BCUT2D eigenvalue weighted by Gasteiger charge is -2.30. The maximum atomic E-state index is 13.6. The fourth-order valence-electron chi connectivity index (χ4n) is 5.17. The molecule has 3 aliphatic rings. The molecule has 0 unspecified atom stereocenters. The van der Waals surface area contributed by atoms with Gasteiger partial charge in [-0.1, -0.05) is 47.5 Å². The maximum Gasteiger partial charge on any atom is 0.253 e. The summed E-state index contributed by atoms with van der Waals surface area (Å²) in [6, 6.07) is 13.8. The van der Waals surface area contributed by atoms with E-state index in [1.165, 1.54) is 10.5 Å². The molecule has 144 valence electrons. The zero-order valence-corrected chi connectivity index (χ0v) is 16.6. The molecule has 2 aromatic carbocycles. The van der Waals surface area contributed by atoms with Gasteiger partial charge in [-0.25, -0.2) is 14.9 Å². The van der Waals surface area contributed by atoms with Crippen LogP contribution in [-0.4, -0.2) is 41.0 Å². The van der Waals surface area contributed by atoms with Gasteiger partial charge in [0.15, 0.2) is 0 Å². The first-order valence-corrected chi connectivity index (χ1v) is 10.0. The van der Waals surface area contributed by atoms with E-state index in [0.29, 0.717) is 0 Å². The van der Waals surface area contributed by atoms with E-state index in [4.69, 9.17) is 0 Å². The number of carbonyl (C=O) groups excluding carboxylic acids is 2. The molecule has 3 aliphatic heterocycles. The molecule has 0 aromatic heterocycles. The predicted octanol–water partition coefficient (Wildman–Crippen LogP) is 3.15. The van der Waals surface area contributed by atoms with Crippen molar-refractivity contribution in [2.75, 3.05) is 18.0 Å². The van der Waals surface area contributed by atoms with E-state index >= 15 is 0 Å². The minimum absolute atomic E-state index is 0.0677. The molecule has 0 N–H and O–H groups in total.